The summed E-state index contributed by atoms with van der Waals surface area (Å²) >= 11 is 0. The molecular weight excluding hydrogens is 487 g/mol. The molecule has 1 fully saturated rings. The molecule has 0 radical (unpaired) electrons. The number of hydrogen-bond acceptors (Lipinski definition) is 8. The van der Waals surface area contributed by atoms with Gasteiger partial charge in [-0.25, -0.2) is 4.79 Å². The first-order valence-corrected chi connectivity index (χ1v) is 12.4. The minimum absolute atomic E-state index is 0.0192. The quantitative estimate of drug-likeness (QED) is 0.416. The summed E-state index contributed by atoms with van der Waals surface area (Å²) in [6.07, 6.45) is 0.815. The molecule has 0 aliphatic carbocycles. The minimum atomic E-state index is -1.39. The Kier molecular flexibility index (Phi) is 9.90. The van der Waals surface area contributed by atoms with Gasteiger partial charge < -0.3 is 14.2 Å². The molecule has 10 nitrogen and oxygen atoms in total. The zero-order valence-electron chi connectivity index (χ0n) is 20.9. The Labute approximate surface area is 212 Å². The molecule has 2 aromatic rings. The molecule has 37 heavy (non-hydrogen) atoms. The van der Waals surface area contributed by atoms with Crippen LogP contribution in [0, 0.1) is 5.82 Å². The number of carbonyl (C=O) groups excluding carboxylic acids is 3. The molecular formula is C26H31FN2O8. The van der Waals surface area contributed by atoms with Crippen LogP contribution in [0.15, 0.2) is 46.1 Å². The summed E-state index contributed by atoms with van der Waals surface area (Å²) in [4.78, 5) is 62.7. The van der Waals surface area contributed by atoms with Gasteiger partial charge in [-0.05, 0) is 25.0 Å². The predicted molar refractivity (Wildman–Crippen MR) is 130 cm³/mol. The summed E-state index contributed by atoms with van der Waals surface area (Å²) < 4.78 is 32.2. The molecule has 3 atom stereocenters. The number of esters is 2. The maximum Gasteiger partial charge on any atom is 0.340 e. The van der Waals surface area contributed by atoms with Crippen molar-refractivity contribution in [3.8, 4) is 0 Å². The zero-order chi connectivity index (χ0) is 26.9. The lowest BCUT2D eigenvalue weighted by Crippen LogP contribution is -2.46. The number of unbranched alkanes of at least 4 members (excludes halogenated alkanes) is 2. The van der Waals surface area contributed by atoms with E-state index in [1.165, 1.54) is 12.1 Å². The van der Waals surface area contributed by atoms with Gasteiger partial charge in [-0.15, -0.1) is 0 Å². The van der Waals surface area contributed by atoms with Crippen LogP contribution >= 0.6 is 0 Å². The SMILES string of the molecule is CCCCC(=O)OC[C@H]1O[C@@H](n2cc(F)c(=O)n(C(=O)c3ccccc3)c2=O)C[C@@H]1OC(=O)CCCC. The number of carbonyl (C=O) groups is 3. The highest BCUT2D eigenvalue weighted by Gasteiger charge is 2.41. The molecule has 0 spiro atoms. The summed E-state index contributed by atoms with van der Waals surface area (Å²) in [5.41, 5.74) is -2.48. The molecule has 1 aromatic carbocycles. The zero-order valence-corrected chi connectivity index (χ0v) is 20.9. The van der Waals surface area contributed by atoms with Crippen molar-refractivity contribution < 1.29 is 33.0 Å². The Morgan fingerprint density at radius 2 is 1.68 bits per heavy atom. The lowest BCUT2D eigenvalue weighted by molar-refractivity contribution is -0.158. The van der Waals surface area contributed by atoms with Gasteiger partial charge in [0.15, 0.2) is 0 Å². The highest BCUT2D eigenvalue weighted by molar-refractivity contribution is 5.95. The van der Waals surface area contributed by atoms with Crippen LogP contribution in [0.2, 0.25) is 0 Å². The molecule has 3 rings (SSSR count). The molecule has 1 aliphatic heterocycles. The fraction of sp³-hybridized carbons (Fsp3) is 0.500. The van der Waals surface area contributed by atoms with Crippen LogP contribution in [0.25, 0.3) is 0 Å². The van der Waals surface area contributed by atoms with Crippen molar-refractivity contribution in [3.05, 3.63) is 68.7 Å². The smallest absolute Gasteiger partial charge is 0.340 e. The second-order valence-corrected chi connectivity index (χ2v) is 8.76. The van der Waals surface area contributed by atoms with Crippen LogP contribution in [0.5, 0.6) is 0 Å². The van der Waals surface area contributed by atoms with Gasteiger partial charge >= 0.3 is 17.6 Å². The minimum Gasteiger partial charge on any atom is -0.463 e. The highest BCUT2D eigenvalue weighted by atomic mass is 19.1. The summed E-state index contributed by atoms with van der Waals surface area (Å²) in [5, 5.41) is 0. The molecule has 0 bridgehead atoms. The Bertz CT molecular complexity index is 1220. The summed E-state index contributed by atoms with van der Waals surface area (Å²) in [6.45, 7) is 3.61. The van der Waals surface area contributed by atoms with E-state index in [1.807, 2.05) is 13.8 Å². The highest BCUT2D eigenvalue weighted by Crippen LogP contribution is 2.31. The molecule has 11 heteroatoms. The predicted octanol–water partition coefficient (Wildman–Crippen LogP) is 2.96. The molecule has 0 unspecified atom stereocenters. The van der Waals surface area contributed by atoms with Crippen LogP contribution in [-0.4, -0.2) is 45.8 Å². The lowest BCUT2D eigenvalue weighted by atomic mass is 10.1. The topological polar surface area (TPSA) is 123 Å². The number of rotatable bonds is 11. The maximum atomic E-state index is 14.6. The molecule has 0 amide bonds. The van der Waals surface area contributed by atoms with Crippen molar-refractivity contribution in [1.82, 2.24) is 9.13 Å². The van der Waals surface area contributed by atoms with E-state index in [2.05, 4.69) is 0 Å². The second-order valence-electron chi connectivity index (χ2n) is 8.76. The van der Waals surface area contributed by atoms with Gasteiger partial charge in [0.1, 0.15) is 25.0 Å². The van der Waals surface area contributed by atoms with Gasteiger partial charge in [-0.1, -0.05) is 44.9 Å². The van der Waals surface area contributed by atoms with Crippen LogP contribution in [0.1, 0.15) is 75.4 Å². The Hall–Kier alpha value is -3.60. The van der Waals surface area contributed by atoms with E-state index in [0.29, 0.717) is 19.0 Å². The first-order valence-electron chi connectivity index (χ1n) is 12.4. The number of ether oxygens (including phenoxy) is 3. The number of aromatic nitrogens is 2. The fourth-order valence-electron chi connectivity index (χ4n) is 3.90. The summed E-state index contributed by atoms with van der Waals surface area (Å²) in [6, 6.07) is 7.52. The molecule has 0 saturated carbocycles. The lowest BCUT2D eigenvalue weighted by Gasteiger charge is -2.19. The third kappa shape index (κ3) is 7.00. The van der Waals surface area contributed by atoms with Crippen molar-refractivity contribution in [3.63, 3.8) is 0 Å². The molecule has 1 saturated heterocycles. The van der Waals surface area contributed by atoms with Crippen LogP contribution in [0.4, 0.5) is 4.39 Å². The van der Waals surface area contributed by atoms with Crippen LogP contribution < -0.4 is 11.2 Å². The molecule has 0 N–H and O–H groups in total. The Morgan fingerprint density at radius 1 is 1.03 bits per heavy atom. The van der Waals surface area contributed by atoms with Gasteiger partial charge in [-0.2, -0.15) is 8.96 Å². The number of benzene rings is 1. The molecule has 1 aliphatic rings. The van der Waals surface area contributed by atoms with E-state index in [-0.39, 0.29) is 36.0 Å². The van der Waals surface area contributed by atoms with Crippen molar-refractivity contribution in [2.24, 2.45) is 0 Å². The van der Waals surface area contributed by atoms with Crippen LogP contribution in [-0.2, 0) is 23.8 Å². The van der Waals surface area contributed by atoms with Gasteiger partial charge in [0.25, 0.3) is 11.5 Å². The molecule has 1 aromatic heterocycles. The van der Waals surface area contributed by atoms with Gasteiger partial charge in [0.05, 0.1) is 6.20 Å². The Morgan fingerprint density at radius 3 is 2.32 bits per heavy atom. The first kappa shape index (κ1) is 28.0. The van der Waals surface area contributed by atoms with Crippen molar-refractivity contribution in [1.29, 1.82) is 0 Å². The van der Waals surface area contributed by atoms with E-state index in [1.54, 1.807) is 18.2 Å². The number of halogens is 1. The second kappa shape index (κ2) is 13.1. The third-order valence-corrected chi connectivity index (χ3v) is 5.95. The summed E-state index contributed by atoms with van der Waals surface area (Å²) in [5.74, 6) is -3.26. The maximum absolute atomic E-state index is 14.6. The van der Waals surface area contributed by atoms with Crippen molar-refractivity contribution in [2.75, 3.05) is 6.61 Å². The monoisotopic (exact) mass is 518 g/mol. The molecule has 200 valence electrons. The summed E-state index contributed by atoms with van der Waals surface area (Å²) in [7, 11) is 0. The fourth-order valence-corrected chi connectivity index (χ4v) is 3.90. The Balaban J connectivity index is 1.88. The normalized spacial score (nSPS) is 18.9. The average Bonchev–Trinajstić information content (AvgIpc) is 3.29. The standard InChI is InChI=1S/C26H31FN2O8/c1-3-5-12-22(30)35-16-20-19(37-23(31)13-6-4-2)14-21(36-20)28-15-18(27)25(33)29(26(28)34)24(32)17-10-8-7-9-11-17/h7-11,15,19-21H,3-6,12-14,16H2,1-2H3/t19-,20+,21+/m0/s1. The van der Waals surface area contributed by atoms with Gasteiger partial charge in [0, 0.05) is 24.8 Å². The number of hydrogen-bond donors (Lipinski definition) is 0. The van der Waals surface area contributed by atoms with Crippen molar-refractivity contribution in [2.45, 2.75) is 77.2 Å². The van der Waals surface area contributed by atoms with E-state index < -0.39 is 53.3 Å². The van der Waals surface area contributed by atoms with E-state index >= 15 is 0 Å². The van der Waals surface area contributed by atoms with E-state index in [9.17, 15) is 28.4 Å². The third-order valence-electron chi connectivity index (χ3n) is 5.95. The van der Waals surface area contributed by atoms with Gasteiger partial charge in [-0.3, -0.25) is 23.7 Å². The first-order chi connectivity index (χ1) is 17.8. The average molecular weight is 519 g/mol. The molecule has 2 heterocycles. The largest absolute Gasteiger partial charge is 0.463 e. The van der Waals surface area contributed by atoms with Gasteiger partial charge in [0.2, 0.25) is 5.82 Å². The van der Waals surface area contributed by atoms with E-state index in [0.717, 1.165) is 17.4 Å². The number of nitrogens with zero attached hydrogens (tertiary/aromatic N) is 2. The van der Waals surface area contributed by atoms with Crippen molar-refractivity contribution >= 4 is 17.8 Å². The van der Waals surface area contributed by atoms with E-state index in [4.69, 9.17) is 14.2 Å². The van der Waals surface area contributed by atoms with Crippen LogP contribution in [0.3, 0.4) is 0 Å².